The Labute approximate surface area is 147 Å². The fraction of sp³-hybridized carbons (Fsp3) is 0.526. The van der Waals surface area contributed by atoms with Gasteiger partial charge in [0.15, 0.2) is 0 Å². The van der Waals surface area contributed by atoms with Gasteiger partial charge < -0.3 is 14.9 Å². The summed E-state index contributed by atoms with van der Waals surface area (Å²) in [7, 11) is 0. The standard InChI is InChI=1S/C19H24N2O4/c1-2-13-5-7-16(8-6-13)21-12-15(10-17(21)22)18(23)20-9-3-4-14(11-20)19(24)25/h5-8,14-15H,2-4,9-12H2,1H3,(H,24,25). The van der Waals surface area contributed by atoms with E-state index in [0.29, 0.717) is 25.9 Å². The van der Waals surface area contributed by atoms with Gasteiger partial charge in [-0.05, 0) is 37.0 Å². The number of carbonyl (C=O) groups is 3. The molecule has 2 amide bonds. The molecule has 2 saturated heterocycles. The third-order valence-electron chi connectivity index (χ3n) is 5.21. The van der Waals surface area contributed by atoms with Crippen LogP contribution in [0.2, 0.25) is 0 Å². The van der Waals surface area contributed by atoms with Crippen LogP contribution in [0.25, 0.3) is 0 Å². The van der Waals surface area contributed by atoms with E-state index >= 15 is 0 Å². The summed E-state index contributed by atoms with van der Waals surface area (Å²) in [6.45, 7) is 3.29. The molecule has 2 atom stereocenters. The molecule has 1 aromatic carbocycles. The number of rotatable bonds is 4. The first-order chi connectivity index (χ1) is 12.0. The Kier molecular flexibility index (Phi) is 5.06. The van der Waals surface area contributed by atoms with E-state index in [1.54, 1.807) is 9.80 Å². The van der Waals surface area contributed by atoms with Gasteiger partial charge in [-0.25, -0.2) is 0 Å². The SMILES string of the molecule is CCc1ccc(N2CC(C(=O)N3CCCC(C(=O)O)C3)CC2=O)cc1. The van der Waals surface area contributed by atoms with E-state index in [1.807, 2.05) is 24.3 Å². The number of carbonyl (C=O) groups excluding carboxylic acids is 2. The monoisotopic (exact) mass is 344 g/mol. The van der Waals surface area contributed by atoms with E-state index in [1.165, 1.54) is 5.56 Å². The predicted octanol–water partition coefficient (Wildman–Crippen LogP) is 1.93. The summed E-state index contributed by atoms with van der Waals surface area (Å²) < 4.78 is 0. The molecule has 2 fully saturated rings. The maximum Gasteiger partial charge on any atom is 0.308 e. The third kappa shape index (κ3) is 3.67. The van der Waals surface area contributed by atoms with Crippen LogP contribution in [-0.2, 0) is 20.8 Å². The third-order valence-corrected chi connectivity index (χ3v) is 5.21. The first-order valence-electron chi connectivity index (χ1n) is 8.90. The zero-order valence-corrected chi connectivity index (χ0v) is 14.5. The van der Waals surface area contributed by atoms with Crippen LogP contribution < -0.4 is 4.90 Å². The molecule has 0 aliphatic carbocycles. The normalized spacial score (nSPS) is 23.8. The number of benzene rings is 1. The largest absolute Gasteiger partial charge is 0.481 e. The minimum absolute atomic E-state index is 0.0469. The van der Waals surface area contributed by atoms with Crippen LogP contribution in [-0.4, -0.2) is 47.4 Å². The summed E-state index contributed by atoms with van der Waals surface area (Å²) in [5.41, 5.74) is 2.02. The van der Waals surface area contributed by atoms with Crippen molar-refractivity contribution in [1.29, 1.82) is 0 Å². The van der Waals surface area contributed by atoms with E-state index in [0.717, 1.165) is 12.1 Å². The number of hydrogen-bond donors (Lipinski definition) is 1. The lowest BCUT2D eigenvalue weighted by atomic mass is 9.96. The van der Waals surface area contributed by atoms with E-state index in [4.69, 9.17) is 0 Å². The summed E-state index contributed by atoms with van der Waals surface area (Å²) in [5.74, 6) is -1.86. The van der Waals surface area contributed by atoms with E-state index in [9.17, 15) is 19.5 Å². The molecule has 0 bridgehead atoms. The molecule has 1 N–H and O–H groups in total. The number of nitrogens with zero attached hydrogens (tertiary/aromatic N) is 2. The maximum atomic E-state index is 12.7. The minimum Gasteiger partial charge on any atom is -0.481 e. The molecule has 3 rings (SSSR count). The molecule has 0 aromatic heterocycles. The number of likely N-dealkylation sites (tertiary alicyclic amines) is 1. The van der Waals surface area contributed by atoms with Crippen molar-refractivity contribution < 1.29 is 19.5 Å². The number of aryl methyl sites for hydroxylation is 1. The molecule has 2 unspecified atom stereocenters. The van der Waals surface area contributed by atoms with Gasteiger partial charge in [-0.3, -0.25) is 14.4 Å². The van der Waals surface area contributed by atoms with Gasteiger partial charge in [0, 0.05) is 31.7 Å². The van der Waals surface area contributed by atoms with Crippen molar-refractivity contribution in [3.05, 3.63) is 29.8 Å². The molecular formula is C19H24N2O4. The van der Waals surface area contributed by atoms with Crippen molar-refractivity contribution in [3.63, 3.8) is 0 Å². The second-order valence-corrected chi connectivity index (χ2v) is 6.89. The number of anilines is 1. The Bertz CT molecular complexity index is 671. The van der Waals surface area contributed by atoms with E-state index in [-0.39, 0.29) is 30.7 Å². The number of amides is 2. The lowest BCUT2D eigenvalue weighted by Gasteiger charge is -2.32. The molecule has 6 heteroatoms. The van der Waals surface area contributed by atoms with Gasteiger partial charge in [0.05, 0.1) is 11.8 Å². The fourth-order valence-corrected chi connectivity index (χ4v) is 3.67. The molecule has 2 aliphatic rings. The molecule has 6 nitrogen and oxygen atoms in total. The summed E-state index contributed by atoms with van der Waals surface area (Å²) in [6, 6.07) is 7.84. The van der Waals surface area contributed by atoms with Gasteiger partial charge in [0.1, 0.15) is 0 Å². The van der Waals surface area contributed by atoms with Crippen molar-refractivity contribution in [1.82, 2.24) is 4.90 Å². The Morgan fingerprint density at radius 2 is 1.88 bits per heavy atom. The highest BCUT2D eigenvalue weighted by molar-refractivity contribution is 6.00. The van der Waals surface area contributed by atoms with Gasteiger partial charge in [-0.15, -0.1) is 0 Å². The minimum atomic E-state index is -0.849. The molecule has 134 valence electrons. The highest BCUT2D eigenvalue weighted by atomic mass is 16.4. The Balaban J connectivity index is 1.66. The average Bonchev–Trinajstić information content (AvgIpc) is 3.03. The fourth-order valence-electron chi connectivity index (χ4n) is 3.67. The predicted molar refractivity (Wildman–Crippen MR) is 93.2 cm³/mol. The lowest BCUT2D eigenvalue weighted by molar-refractivity contribution is -0.146. The average molecular weight is 344 g/mol. The first kappa shape index (κ1) is 17.5. The molecule has 25 heavy (non-hydrogen) atoms. The molecule has 0 radical (unpaired) electrons. The van der Waals surface area contributed by atoms with Crippen molar-refractivity contribution in [2.45, 2.75) is 32.6 Å². The molecule has 1 aromatic rings. The quantitative estimate of drug-likeness (QED) is 0.905. The maximum absolute atomic E-state index is 12.7. The molecule has 2 aliphatic heterocycles. The van der Waals surface area contributed by atoms with Crippen molar-refractivity contribution >= 4 is 23.5 Å². The number of hydrogen-bond acceptors (Lipinski definition) is 3. The highest BCUT2D eigenvalue weighted by Gasteiger charge is 2.39. The van der Waals surface area contributed by atoms with Crippen LogP contribution in [0.4, 0.5) is 5.69 Å². The molecule has 2 heterocycles. The van der Waals surface area contributed by atoms with Crippen LogP contribution in [0.3, 0.4) is 0 Å². The van der Waals surface area contributed by atoms with Crippen LogP contribution in [0.5, 0.6) is 0 Å². The van der Waals surface area contributed by atoms with Crippen LogP contribution in [0.15, 0.2) is 24.3 Å². The van der Waals surface area contributed by atoms with E-state index < -0.39 is 11.9 Å². The van der Waals surface area contributed by atoms with Gasteiger partial charge in [0.2, 0.25) is 11.8 Å². The number of carboxylic acid groups (broad SMARTS) is 1. The van der Waals surface area contributed by atoms with E-state index in [2.05, 4.69) is 6.92 Å². The van der Waals surface area contributed by atoms with Crippen molar-refractivity contribution in [3.8, 4) is 0 Å². The Hall–Kier alpha value is -2.37. The van der Waals surface area contributed by atoms with Gasteiger partial charge in [-0.2, -0.15) is 0 Å². The van der Waals surface area contributed by atoms with Crippen molar-refractivity contribution in [2.24, 2.45) is 11.8 Å². The number of aliphatic carboxylic acids is 1. The smallest absolute Gasteiger partial charge is 0.308 e. The summed E-state index contributed by atoms with van der Waals surface area (Å²) in [6.07, 6.45) is 2.45. The number of piperidine rings is 1. The van der Waals surface area contributed by atoms with Crippen LogP contribution in [0, 0.1) is 11.8 Å². The molecular weight excluding hydrogens is 320 g/mol. The molecule has 0 saturated carbocycles. The van der Waals surface area contributed by atoms with Gasteiger partial charge in [0.25, 0.3) is 0 Å². The summed E-state index contributed by atoms with van der Waals surface area (Å²) in [4.78, 5) is 39.6. The first-order valence-corrected chi connectivity index (χ1v) is 8.90. The zero-order chi connectivity index (χ0) is 18.0. The Morgan fingerprint density at radius 3 is 2.52 bits per heavy atom. The van der Waals surface area contributed by atoms with Gasteiger partial charge in [-0.1, -0.05) is 19.1 Å². The topological polar surface area (TPSA) is 77.9 Å². The summed E-state index contributed by atoms with van der Waals surface area (Å²) >= 11 is 0. The zero-order valence-electron chi connectivity index (χ0n) is 14.5. The summed E-state index contributed by atoms with van der Waals surface area (Å²) in [5, 5.41) is 9.18. The number of carboxylic acids is 1. The Morgan fingerprint density at radius 1 is 1.16 bits per heavy atom. The van der Waals surface area contributed by atoms with Gasteiger partial charge >= 0.3 is 5.97 Å². The molecule has 0 spiro atoms. The van der Waals surface area contributed by atoms with Crippen LogP contribution in [0.1, 0.15) is 31.7 Å². The highest BCUT2D eigenvalue weighted by Crippen LogP contribution is 2.28. The second kappa shape index (κ2) is 7.25. The lowest BCUT2D eigenvalue weighted by Crippen LogP contribution is -2.45. The van der Waals surface area contributed by atoms with Crippen LogP contribution >= 0.6 is 0 Å². The second-order valence-electron chi connectivity index (χ2n) is 6.89. The van der Waals surface area contributed by atoms with Crippen molar-refractivity contribution in [2.75, 3.05) is 24.5 Å².